The standard InChI is InChI=1S/C8H6ClF3O/c9-8(11,12)7(13)5-2-1-3-6(10)4-5/h1-4,7,13H. The molecule has 0 bridgehead atoms. The third-order valence-corrected chi connectivity index (χ3v) is 1.68. The molecule has 1 unspecified atom stereocenters. The number of rotatable bonds is 2. The summed E-state index contributed by atoms with van der Waals surface area (Å²) in [7, 11) is 0. The van der Waals surface area contributed by atoms with Gasteiger partial charge in [0, 0.05) is 0 Å². The minimum atomic E-state index is -3.78. The average molecular weight is 211 g/mol. The van der Waals surface area contributed by atoms with Gasteiger partial charge in [-0.25, -0.2) is 4.39 Å². The fourth-order valence-corrected chi connectivity index (χ4v) is 0.992. The Bertz CT molecular complexity index is 298. The molecule has 0 amide bonds. The second kappa shape index (κ2) is 3.55. The lowest BCUT2D eigenvalue weighted by molar-refractivity contribution is -0.0425. The number of alkyl halides is 3. The van der Waals surface area contributed by atoms with Crippen molar-refractivity contribution in [3.05, 3.63) is 35.6 Å². The summed E-state index contributed by atoms with van der Waals surface area (Å²) in [6, 6.07) is 4.28. The Morgan fingerprint density at radius 3 is 2.46 bits per heavy atom. The minimum Gasteiger partial charge on any atom is -0.381 e. The molecule has 72 valence electrons. The van der Waals surface area contributed by atoms with Gasteiger partial charge in [-0.05, 0) is 29.3 Å². The van der Waals surface area contributed by atoms with Crippen molar-refractivity contribution in [1.82, 2.24) is 0 Å². The summed E-state index contributed by atoms with van der Waals surface area (Å²) in [5, 5.41) is 5.15. The van der Waals surface area contributed by atoms with Crippen LogP contribution in [0.3, 0.4) is 0 Å². The van der Waals surface area contributed by atoms with Crippen LogP contribution in [0, 0.1) is 5.82 Å². The molecule has 0 radical (unpaired) electrons. The van der Waals surface area contributed by atoms with Crippen LogP contribution in [-0.2, 0) is 0 Å². The lowest BCUT2D eigenvalue weighted by Crippen LogP contribution is -2.18. The van der Waals surface area contributed by atoms with Crippen molar-refractivity contribution in [1.29, 1.82) is 0 Å². The van der Waals surface area contributed by atoms with Gasteiger partial charge in [0.25, 0.3) is 0 Å². The van der Waals surface area contributed by atoms with Crippen molar-refractivity contribution in [3.8, 4) is 0 Å². The van der Waals surface area contributed by atoms with Gasteiger partial charge in [0.15, 0.2) is 6.10 Å². The number of halogens is 4. The van der Waals surface area contributed by atoms with Gasteiger partial charge in [0.05, 0.1) is 0 Å². The average Bonchev–Trinajstić information content (AvgIpc) is 2.01. The van der Waals surface area contributed by atoms with Crippen LogP contribution in [0.4, 0.5) is 13.2 Å². The maximum atomic E-state index is 12.5. The molecule has 0 aliphatic carbocycles. The Hall–Kier alpha value is -0.740. The highest BCUT2D eigenvalue weighted by molar-refractivity contribution is 6.22. The molecule has 0 saturated carbocycles. The number of benzene rings is 1. The second-order valence-electron chi connectivity index (χ2n) is 2.50. The molecular weight excluding hydrogens is 205 g/mol. The van der Waals surface area contributed by atoms with Crippen LogP contribution in [0.1, 0.15) is 11.7 Å². The Kier molecular flexibility index (Phi) is 2.83. The Labute approximate surface area is 77.8 Å². The summed E-state index contributed by atoms with van der Waals surface area (Å²) in [5.74, 6) is -0.697. The molecule has 1 aromatic rings. The molecule has 0 aromatic heterocycles. The van der Waals surface area contributed by atoms with Gasteiger partial charge in [0.2, 0.25) is 0 Å². The van der Waals surface area contributed by atoms with Crippen LogP contribution in [0.25, 0.3) is 0 Å². The minimum absolute atomic E-state index is 0.250. The highest BCUT2D eigenvalue weighted by Gasteiger charge is 2.36. The SMILES string of the molecule is OC(c1cccc(F)c1)C(F)(F)Cl. The van der Waals surface area contributed by atoms with Crippen molar-refractivity contribution in [2.45, 2.75) is 11.5 Å². The van der Waals surface area contributed by atoms with Crippen molar-refractivity contribution < 1.29 is 18.3 Å². The van der Waals surface area contributed by atoms with Crippen LogP contribution < -0.4 is 0 Å². The lowest BCUT2D eigenvalue weighted by atomic mass is 10.1. The summed E-state index contributed by atoms with van der Waals surface area (Å²) >= 11 is 4.56. The van der Waals surface area contributed by atoms with Gasteiger partial charge >= 0.3 is 5.38 Å². The lowest BCUT2D eigenvalue weighted by Gasteiger charge is -2.15. The molecule has 1 rings (SSSR count). The van der Waals surface area contributed by atoms with Crippen LogP contribution in [0.2, 0.25) is 0 Å². The molecule has 1 atom stereocenters. The smallest absolute Gasteiger partial charge is 0.351 e. The summed E-state index contributed by atoms with van der Waals surface area (Å²) in [6.45, 7) is 0. The Balaban J connectivity index is 2.96. The third-order valence-electron chi connectivity index (χ3n) is 1.47. The molecule has 1 nitrogen and oxygen atoms in total. The summed E-state index contributed by atoms with van der Waals surface area (Å²) in [6.07, 6.45) is -2.19. The molecule has 13 heavy (non-hydrogen) atoms. The zero-order chi connectivity index (χ0) is 10.1. The van der Waals surface area contributed by atoms with Crippen molar-refractivity contribution in [2.75, 3.05) is 0 Å². The van der Waals surface area contributed by atoms with E-state index in [2.05, 4.69) is 11.6 Å². The van der Waals surface area contributed by atoms with Gasteiger partial charge in [-0.3, -0.25) is 0 Å². The van der Waals surface area contributed by atoms with E-state index in [0.717, 1.165) is 12.1 Å². The Morgan fingerprint density at radius 1 is 1.38 bits per heavy atom. The maximum absolute atomic E-state index is 12.5. The van der Waals surface area contributed by atoms with Crippen LogP contribution >= 0.6 is 11.6 Å². The molecule has 0 aliphatic rings. The van der Waals surface area contributed by atoms with Crippen LogP contribution in [-0.4, -0.2) is 10.5 Å². The molecule has 0 heterocycles. The number of aliphatic hydroxyl groups excluding tert-OH is 1. The van der Waals surface area contributed by atoms with E-state index in [1.54, 1.807) is 0 Å². The molecule has 1 N–H and O–H groups in total. The molecule has 0 saturated heterocycles. The first-order chi connectivity index (χ1) is 5.91. The molecule has 1 aromatic carbocycles. The highest BCUT2D eigenvalue weighted by Crippen LogP contribution is 2.34. The van der Waals surface area contributed by atoms with Crippen molar-refractivity contribution in [3.63, 3.8) is 0 Å². The van der Waals surface area contributed by atoms with E-state index in [1.807, 2.05) is 0 Å². The van der Waals surface area contributed by atoms with Crippen molar-refractivity contribution >= 4 is 11.6 Å². The van der Waals surface area contributed by atoms with Gasteiger partial charge in [-0.1, -0.05) is 12.1 Å². The van der Waals surface area contributed by atoms with E-state index in [0.29, 0.717) is 0 Å². The normalized spacial score (nSPS) is 14.2. The fourth-order valence-electron chi connectivity index (χ4n) is 0.866. The van der Waals surface area contributed by atoms with Crippen LogP contribution in [0.15, 0.2) is 24.3 Å². The monoisotopic (exact) mass is 210 g/mol. The van der Waals surface area contributed by atoms with Crippen LogP contribution in [0.5, 0.6) is 0 Å². The number of hydrogen-bond donors (Lipinski definition) is 1. The van der Waals surface area contributed by atoms with Crippen molar-refractivity contribution in [2.24, 2.45) is 0 Å². The van der Waals surface area contributed by atoms with Gasteiger partial charge in [0.1, 0.15) is 5.82 Å². The van der Waals surface area contributed by atoms with Gasteiger partial charge in [-0.15, -0.1) is 0 Å². The summed E-state index contributed by atoms with van der Waals surface area (Å²) in [5.41, 5.74) is -0.250. The first-order valence-electron chi connectivity index (χ1n) is 3.41. The maximum Gasteiger partial charge on any atom is 0.351 e. The van der Waals surface area contributed by atoms with Gasteiger partial charge < -0.3 is 5.11 Å². The second-order valence-corrected chi connectivity index (χ2v) is 3.00. The molecule has 0 fully saturated rings. The first kappa shape index (κ1) is 10.3. The molecule has 0 aliphatic heterocycles. The largest absolute Gasteiger partial charge is 0.381 e. The topological polar surface area (TPSA) is 20.2 Å². The third kappa shape index (κ3) is 2.60. The van der Waals surface area contributed by atoms with E-state index >= 15 is 0 Å². The highest BCUT2D eigenvalue weighted by atomic mass is 35.5. The predicted molar refractivity (Wildman–Crippen MR) is 42.2 cm³/mol. The van der Waals surface area contributed by atoms with E-state index in [4.69, 9.17) is 5.11 Å². The number of aliphatic hydroxyl groups is 1. The fraction of sp³-hybridized carbons (Fsp3) is 0.250. The Morgan fingerprint density at radius 2 is 2.00 bits per heavy atom. The molecule has 0 spiro atoms. The summed E-state index contributed by atoms with van der Waals surface area (Å²) in [4.78, 5) is 0. The number of hydrogen-bond acceptors (Lipinski definition) is 1. The molecule has 5 heteroatoms. The summed E-state index contributed by atoms with van der Waals surface area (Å²) < 4.78 is 37.2. The van der Waals surface area contributed by atoms with E-state index < -0.39 is 17.3 Å². The van der Waals surface area contributed by atoms with Gasteiger partial charge in [-0.2, -0.15) is 8.78 Å². The van der Waals surface area contributed by atoms with E-state index in [-0.39, 0.29) is 5.56 Å². The molecular formula is C8H6ClF3O. The zero-order valence-electron chi connectivity index (χ0n) is 6.35. The first-order valence-corrected chi connectivity index (χ1v) is 3.79. The predicted octanol–water partition coefficient (Wildman–Crippen LogP) is 2.69. The zero-order valence-corrected chi connectivity index (χ0v) is 7.10. The van der Waals surface area contributed by atoms with E-state index in [1.165, 1.54) is 12.1 Å². The van der Waals surface area contributed by atoms with E-state index in [9.17, 15) is 13.2 Å². The quantitative estimate of drug-likeness (QED) is 0.745.